The van der Waals surface area contributed by atoms with Gasteiger partial charge < -0.3 is 10.5 Å². The molecule has 108 valence electrons. The first-order chi connectivity index (χ1) is 9.31. The van der Waals surface area contributed by atoms with E-state index in [1.54, 1.807) is 13.8 Å². The van der Waals surface area contributed by atoms with Crippen LogP contribution in [0.1, 0.15) is 24.2 Å². The maximum Gasteiger partial charge on any atom is 0.338 e. The van der Waals surface area contributed by atoms with Crippen molar-refractivity contribution < 1.29 is 23.5 Å². The Morgan fingerprint density at radius 3 is 2.20 bits per heavy atom. The highest BCUT2D eigenvalue weighted by Crippen LogP contribution is 2.11. The molecule has 0 aliphatic heterocycles. The van der Waals surface area contributed by atoms with Crippen LogP contribution in [0.2, 0.25) is 0 Å². The molecule has 1 rings (SSSR count). The highest BCUT2D eigenvalue weighted by atomic mass is 19.1. The van der Waals surface area contributed by atoms with Crippen LogP contribution >= 0.6 is 0 Å². The largest absolute Gasteiger partial charge is 0.448 e. The average Bonchev–Trinajstić information content (AvgIpc) is 2.35. The molecule has 0 spiro atoms. The van der Waals surface area contributed by atoms with E-state index in [-0.39, 0.29) is 11.5 Å². The second kappa shape index (κ2) is 6.65. The molecule has 0 saturated heterocycles. The number of hydrogen-bond donors (Lipinski definition) is 2. The van der Waals surface area contributed by atoms with Crippen molar-refractivity contribution in [2.45, 2.75) is 20.0 Å². The number of halogens is 1. The van der Waals surface area contributed by atoms with Crippen LogP contribution in [-0.2, 0) is 9.53 Å². The van der Waals surface area contributed by atoms with Gasteiger partial charge in [-0.25, -0.2) is 14.0 Å². The summed E-state index contributed by atoms with van der Waals surface area (Å²) < 4.78 is 17.8. The van der Waals surface area contributed by atoms with Crippen LogP contribution in [0, 0.1) is 11.7 Å². The Morgan fingerprint density at radius 1 is 1.20 bits per heavy atom. The maximum atomic E-state index is 12.7. The van der Waals surface area contributed by atoms with Gasteiger partial charge in [0.2, 0.25) is 0 Å². The van der Waals surface area contributed by atoms with E-state index in [1.807, 2.05) is 5.32 Å². The standard InChI is InChI=1S/C13H15FN2O4/c1-7(2)10(11(17)16-13(15)19)20-12(18)8-3-5-9(14)6-4-8/h3-7,10H,1-2H3,(H3,15,16,17,19)/t10-/m0/s1. The van der Waals surface area contributed by atoms with Crippen molar-refractivity contribution in [2.24, 2.45) is 11.7 Å². The van der Waals surface area contributed by atoms with Crippen LogP contribution in [0.5, 0.6) is 0 Å². The van der Waals surface area contributed by atoms with Crippen LogP contribution in [0.3, 0.4) is 0 Å². The van der Waals surface area contributed by atoms with Crippen LogP contribution < -0.4 is 11.1 Å². The van der Waals surface area contributed by atoms with Gasteiger partial charge in [0, 0.05) is 0 Å². The second-order valence-electron chi connectivity index (χ2n) is 4.43. The number of nitrogens with two attached hydrogens (primary N) is 1. The predicted molar refractivity (Wildman–Crippen MR) is 68.2 cm³/mol. The maximum absolute atomic E-state index is 12.7. The fourth-order valence-electron chi connectivity index (χ4n) is 1.45. The van der Waals surface area contributed by atoms with Crippen LogP contribution in [0.25, 0.3) is 0 Å². The summed E-state index contributed by atoms with van der Waals surface area (Å²) >= 11 is 0. The summed E-state index contributed by atoms with van der Waals surface area (Å²) in [6.07, 6.45) is -1.17. The monoisotopic (exact) mass is 282 g/mol. The number of benzene rings is 1. The lowest BCUT2D eigenvalue weighted by molar-refractivity contribution is -0.130. The second-order valence-corrected chi connectivity index (χ2v) is 4.43. The Balaban J connectivity index is 2.80. The summed E-state index contributed by atoms with van der Waals surface area (Å²) in [6, 6.07) is 3.65. The lowest BCUT2D eigenvalue weighted by Gasteiger charge is -2.19. The number of imide groups is 1. The smallest absolute Gasteiger partial charge is 0.338 e. The minimum Gasteiger partial charge on any atom is -0.448 e. The van der Waals surface area contributed by atoms with Crippen LogP contribution in [0.15, 0.2) is 24.3 Å². The van der Waals surface area contributed by atoms with E-state index in [9.17, 15) is 18.8 Å². The van der Waals surface area contributed by atoms with E-state index in [4.69, 9.17) is 10.5 Å². The number of hydrogen-bond acceptors (Lipinski definition) is 4. The molecule has 0 fully saturated rings. The lowest BCUT2D eigenvalue weighted by atomic mass is 10.1. The minimum atomic E-state index is -1.17. The molecule has 1 aromatic carbocycles. The average molecular weight is 282 g/mol. The third-order valence-corrected chi connectivity index (χ3v) is 2.42. The fraction of sp³-hybridized carbons (Fsp3) is 0.308. The van der Waals surface area contributed by atoms with Gasteiger partial charge in [0.25, 0.3) is 5.91 Å². The Kier molecular flexibility index (Phi) is 5.19. The Hall–Kier alpha value is -2.44. The van der Waals surface area contributed by atoms with Gasteiger partial charge in [-0.2, -0.15) is 0 Å². The van der Waals surface area contributed by atoms with Gasteiger partial charge in [0.15, 0.2) is 6.10 Å². The summed E-state index contributed by atoms with van der Waals surface area (Å²) in [5, 5.41) is 1.85. The highest BCUT2D eigenvalue weighted by Gasteiger charge is 2.27. The van der Waals surface area contributed by atoms with E-state index in [0.717, 1.165) is 12.1 Å². The number of urea groups is 1. The van der Waals surface area contributed by atoms with Crippen molar-refractivity contribution in [1.82, 2.24) is 5.32 Å². The van der Waals surface area contributed by atoms with Gasteiger partial charge in [0.1, 0.15) is 5.82 Å². The zero-order chi connectivity index (χ0) is 15.3. The molecule has 7 heteroatoms. The van der Waals surface area contributed by atoms with E-state index >= 15 is 0 Å². The molecule has 0 aliphatic rings. The topological polar surface area (TPSA) is 98.5 Å². The number of ether oxygens (including phenoxy) is 1. The van der Waals surface area contributed by atoms with Crippen molar-refractivity contribution >= 4 is 17.9 Å². The molecule has 0 saturated carbocycles. The van der Waals surface area contributed by atoms with Crippen molar-refractivity contribution in [2.75, 3.05) is 0 Å². The summed E-state index contributed by atoms with van der Waals surface area (Å²) in [6.45, 7) is 3.28. The Morgan fingerprint density at radius 2 is 1.75 bits per heavy atom. The molecule has 0 unspecified atom stereocenters. The predicted octanol–water partition coefficient (Wildman–Crippen LogP) is 1.20. The molecular weight excluding hydrogens is 267 g/mol. The molecule has 0 aromatic heterocycles. The first-order valence-corrected chi connectivity index (χ1v) is 5.88. The van der Waals surface area contributed by atoms with Crippen LogP contribution in [0.4, 0.5) is 9.18 Å². The number of carbonyl (C=O) groups excluding carboxylic acids is 3. The van der Waals surface area contributed by atoms with Gasteiger partial charge in [0.05, 0.1) is 5.56 Å². The van der Waals surface area contributed by atoms with Crippen molar-refractivity contribution in [3.05, 3.63) is 35.6 Å². The molecule has 20 heavy (non-hydrogen) atoms. The summed E-state index contributed by atoms with van der Waals surface area (Å²) in [5.74, 6) is -2.45. The van der Waals surface area contributed by atoms with E-state index in [1.165, 1.54) is 12.1 Å². The van der Waals surface area contributed by atoms with Crippen molar-refractivity contribution in [1.29, 1.82) is 0 Å². The molecule has 1 atom stereocenters. The number of esters is 1. The SMILES string of the molecule is CC(C)[C@H](OC(=O)c1ccc(F)cc1)C(=O)NC(N)=O. The third-order valence-electron chi connectivity index (χ3n) is 2.42. The summed E-state index contributed by atoms with van der Waals surface area (Å²) in [4.78, 5) is 34.1. The number of nitrogens with one attached hydrogen (secondary N) is 1. The van der Waals surface area contributed by atoms with Gasteiger partial charge in [-0.3, -0.25) is 10.1 Å². The third kappa shape index (κ3) is 4.34. The Labute approximate surface area is 115 Å². The van der Waals surface area contributed by atoms with Crippen molar-refractivity contribution in [3.63, 3.8) is 0 Å². The van der Waals surface area contributed by atoms with Gasteiger partial charge in [-0.1, -0.05) is 13.8 Å². The van der Waals surface area contributed by atoms with E-state index in [2.05, 4.69) is 0 Å². The molecule has 3 N–H and O–H groups in total. The zero-order valence-corrected chi connectivity index (χ0v) is 11.1. The molecule has 1 aromatic rings. The molecule has 0 aliphatic carbocycles. The van der Waals surface area contributed by atoms with E-state index in [0.29, 0.717) is 0 Å². The first-order valence-electron chi connectivity index (χ1n) is 5.88. The van der Waals surface area contributed by atoms with Crippen LogP contribution in [-0.4, -0.2) is 24.0 Å². The first kappa shape index (κ1) is 15.6. The summed E-state index contributed by atoms with van der Waals surface area (Å²) in [5.41, 5.74) is 4.94. The van der Waals surface area contributed by atoms with Gasteiger partial charge in [-0.15, -0.1) is 0 Å². The molecule has 0 bridgehead atoms. The molecule has 3 amide bonds. The summed E-state index contributed by atoms with van der Waals surface area (Å²) in [7, 11) is 0. The lowest BCUT2D eigenvalue weighted by Crippen LogP contribution is -2.45. The molecule has 0 radical (unpaired) electrons. The number of carbonyl (C=O) groups is 3. The van der Waals surface area contributed by atoms with Crippen molar-refractivity contribution in [3.8, 4) is 0 Å². The zero-order valence-electron chi connectivity index (χ0n) is 11.1. The van der Waals surface area contributed by atoms with Gasteiger partial charge in [-0.05, 0) is 30.2 Å². The highest BCUT2D eigenvalue weighted by molar-refractivity contribution is 5.98. The van der Waals surface area contributed by atoms with E-state index < -0.39 is 29.8 Å². The normalized spacial score (nSPS) is 11.8. The number of rotatable bonds is 4. The van der Waals surface area contributed by atoms with Gasteiger partial charge >= 0.3 is 12.0 Å². The molecule has 6 nitrogen and oxygen atoms in total. The quantitative estimate of drug-likeness (QED) is 0.811. The minimum absolute atomic E-state index is 0.101. The number of primary amides is 1. The fourth-order valence-corrected chi connectivity index (χ4v) is 1.45. The number of amides is 3. The molecule has 0 heterocycles. The molecular formula is C13H15FN2O4. The Bertz CT molecular complexity index is 514.